The highest BCUT2D eigenvalue weighted by Crippen LogP contribution is 2.30. The van der Waals surface area contributed by atoms with Gasteiger partial charge < -0.3 is 10.1 Å². The number of anilines is 1. The van der Waals surface area contributed by atoms with Crippen molar-refractivity contribution < 1.29 is 17.9 Å². The zero-order valence-corrected chi connectivity index (χ0v) is 14.4. The van der Waals surface area contributed by atoms with Crippen molar-refractivity contribution in [1.29, 1.82) is 0 Å². The van der Waals surface area contributed by atoms with Gasteiger partial charge in [0.1, 0.15) is 12.3 Å². The minimum Gasteiger partial charge on any atom is -0.495 e. The summed E-state index contributed by atoms with van der Waals surface area (Å²) < 4.78 is 30.4. The normalized spacial score (nSPS) is 11.1. The van der Waals surface area contributed by atoms with E-state index < -0.39 is 10.0 Å². The molecule has 0 aliphatic rings. The lowest BCUT2D eigenvalue weighted by molar-refractivity contribution is -0.119. The molecule has 0 atom stereocenters. The number of rotatable bonds is 8. The third-order valence-corrected chi connectivity index (χ3v) is 4.27. The first-order valence-electron chi connectivity index (χ1n) is 7.18. The average molecular weight is 328 g/mol. The zero-order chi connectivity index (χ0) is 16.8. The summed E-state index contributed by atoms with van der Waals surface area (Å²) >= 11 is 0. The van der Waals surface area contributed by atoms with Crippen molar-refractivity contribution in [1.82, 2.24) is 5.32 Å². The predicted molar refractivity (Wildman–Crippen MR) is 87.8 cm³/mol. The molecular formula is C15H24N2O4S. The van der Waals surface area contributed by atoms with Gasteiger partial charge in [0.25, 0.3) is 0 Å². The Morgan fingerprint density at radius 1 is 1.36 bits per heavy atom. The smallest absolute Gasteiger partial charge is 0.240 e. The third-order valence-electron chi connectivity index (χ3n) is 3.14. The molecule has 0 aliphatic carbocycles. The number of aryl methyl sites for hydroxylation is 1. The van der Waals surface area contributed by atoms with Crippen LogP contribution in [0, 0.1) is 6.92 Å². The van der Waals surface area contributed by atoms with Gasteiger partial charge in [-0.15, -0.1) is 0 Å². The van der Waals surface area contributed by atoms with E-state index in [1.807, 2.05) is 19.9 Å². The van der Waals surface area contributed by atoms with E-state index in [1.165, 1.54) is 7.11 Å². The van der Waals surface area contributed by atoms with E-state index in [1.54, 1.807) is 12.1 Å². The number of hydrogen-bond donors (Lipinski definition) is 1. The molecule has 124 valence electrons. The summed E-state index contributed by atoms with van der Waals surface area (Å²) in [6, 6.07) is 5.21. The van der Waals surface area contributed by atoms with E-state index >= 15 is 0 Å². The summed E-state index contributed by atoms with van der Waals surface area (Å²) in [6.45, 7) is 4.15. The first-order valence-corrected chi connectivity index (χ1v) is 9.03. The number of ether oxygens (including phenoxy) is 1. The van der Waals surface area contributed by atoms with Crippen LogP contribution in [0.2, 0.25) is 0 Å². The molecule has 1 aromatic rings. The first kappa shape index (κ1) is 18.3. The van der Waals surface area contributed by atoms with E-state index in [0.717, 1.165) is 29.0 Å². The minimum atomic E-state index is -3.60. The summed E-state index contributed by atoms with van der Waals surface area (Å²) in [6.07, 6.45) is 2.90. The van der Waals surface area contributed by atoms with Crippen molar-refractivity contribution in [3.05, 3.63) is 23.8 Å². The second-order valence-electron chi connectivity index (χ2n) is 5.15. The van der Waals surface area contributed by atoms with Crippen LogP contribution in [0.4, 0.5) is 5.69 Å². The maximum absolute atomic E-state index is 12.1. The number of sulfonamides is 1. The van der Waals surface area contributed by atoms with E-state index in [0.29, 0.717) is 18.0 Å². The fraction of sp³-hybridized carbons (Fsp3) is 0.533. The van der Waals surface area contributed by atoms with Gasteiger partial charge in [-0.3, -0.25) is 9.10 Å². The number of hydrogen-bond acceptors (Lipinski definition) is 4. The van der Waals surface area contributed by atoms with Crippen molar-refractivity contribution in [2.45, 2.75) is 26.7 Å². The number of amides is 1. The molecular weight excluding hydrogens is 304 g/mol. The van der Waals surface area contributed by atoms with Crippen LogP contribution in [0.5, 0.6) is 5.75 Å². The first-order chi connectivity index (χ1) is 10.3. The van der Waals surface area contributed by atoms with Gasteiger partial charge in [0, 0.05) is 6.54 Å². The molecule has 0 aliphatic heterocycles. The molecule has 0 radical (unpaired) electrons. The van der Waals surface area contributed by atoms with E-state index in [9.17, 15) is 13.2 Å². The van der Waals surface area contributed by atoms with Crippen LogP contribution >= 0.6 is 0 Å². The fourth-order valence-corrected chi connectivity index (χ4v) is 2.82. The third kappa shape index (κ3) is 5.22. The van der Waals surface area contributed by atoms with Gasteiger partial charge in [0.2, 0.25) is 15.9 Å². The Hall–Kier alpha value is -1.76. The number of nitrogens with zero attached hydrogens (tertiary/aromatic N) is 1. The second kappa shape index (κ2) is 8.03. The number of benzene rings is 1. The lowest BCUT2D eigenvalue weighted by Gasteiger charge is -2.24. The van der Waals surface area contributed by atoms with Crippen LogP contribution in [0.3, 0.4) is 0 Å². The lowest BCUT2D eigenvalue weighted by Crippen LogP contribution is -2.40. The minimum absolute atomic E-state index is 0.262. The fourth-order valence-electron chi connectivity index (χ4n) is 1.97. The highest BCUT2D eigenvalue weighted by Gasteiger charge is 2.23. The van der Waals surface area contributed by atoms with Crippen LogP contribution < -0.4 is 14.4 Å². The number of carbonyl (C=O) groups is 1. The van der Waals surface area contributed by atoms with Gasteiger partial charge in [-0.05, 0) is 31.0 Å². The van der Waals surface area contributed by atoms with Gasteiger partial charge >= 0.3 is 0 Å². The highest BCUT2D eigenvalue weighted by atomic mass is 32.2. The zero-order valence-electron chi connectivity index (χ0n) is 13.5. The van der Waals surface area contributed by atoms with Gasteiger partial charge in [0.15, 0.2) is 0 Å². The lowest BCUT2D eigenvalue weighted by atomic mass is 10.2. The molecule has 0 saturated heterocycles. The maximum Gasteiger partial charge on any atom is 0.240 e. The monoisotopic (exact) mass is 328 g/mol. The van der Waals surface area contributed by atoms with E-state index in [4.69, 9.17) is 4.74 Å². The Morgan fingerprint density at radius 2 is 2.05 bits per heavy atom. The Labute approximate surface area is 132 Å². The average Bonchev–Trinajstić information content (AvgIpc) is 2.44. The van der Waals surface area contributed by atoms with Crippen LogP contribution in [0.15, 0.2) is 18.2 Å². The molecule has 1 aromatic carbocycles. The van der Waals surface area contributed by atoms with Gasteiger partial charge in [-0.25, -0.2) is 8.42 Å². The molecule has 1 rings (SSSR count). The molecule has 0 fully saturated rings. The summed E-state index contributed by atoms with van der Waals surface area (Å²) in [4.78, 5) is 12.0. The summed E-state index contributed by atoms with van der Waals surface area (Å²) in [5.41, 5.74) is 1.26. The number of unbranched alkanes of at least 4 members (excludes halogenated alkanes) is 1. The van der Waals surface area contributed by atoms with Gasteiger partial charge in [-0.2, -0.15) is 0 Å². The van der Waals surface area contributed by atoms with E-state index in [-0.39, 0.29) is 12.5 Å². The Kier molecular flexibility index (Phi) is 6.67. The SMILES string of the molecule is CCCCNC(=O)CN(c1cc(C)ccc1OC)S(C)(=O)=O. The van der Waals surface area contributed by atoms with Crippen LogP contribution in [-0.2, 0) is 14.8 Å². The molecule has 0 spiro atoms. The van der Waals surface area contributed by atoms with Crippen molar-refractivity contribution in [3.63, 3.8) is 0 Å². The molecule has 1 N–H and O–H groups in total. The Bertz CT molecular complexity index is 614. The van der Waals surface area contributed by atoms with Crippen molar-refractivity contribution in [3.8, 4) is 5.75 Å². The highest BCUT2D eigenvalue weighted by molar-refractivity contribution is 7.92. The molecule has 0 aromatic heterocycles. The van der Waals surface area contributed by atoms with Gasteiger partial charge in [0.05, 0.1) is 19.1 Å². The van der Waals surface area contributed by atoms with Crippen molar-refractivity contribution in [2.75, 3.05) is 30.8 Å². The van der Waals surface area contributed by atoms with Crippen molar-refractivity contribution in [2.24, 2.45) is 0 Å². The predicted octanol–water partition coefficient (Wildman–Crippen LogP) is 1.69. The molecule has 1 amide bonds. The summed E-state index contributed by atoms with van der Waals surface area (Å²) in [5.74, 6) is 0.0832. The maximum atomic E-state index is 12.1. The van der Waals surface area contributed by atoms with Crippen LogP contribution in [0.25, 0.3) is 0 Å². The van der Waals surface area contributed by atoms with Crippen molar-refractivity contribution >= 4 is 21.6 Å². The Balaban J connectivity index is 3.05. The molecule has 6 nitrogen and oxygen atoms in total. The number of methoxy groups -OCH3 is 1. The summed E-state index contributed by atoms with van der Waals surface area (Å²) in [5, 5.41) is 2.72. The standard InChI is InChI=1S/C15H24N2O4S/c1-5-6-9-16-15(18)11-17(22(4,19)20)13-10-12(2)7-8-14(13)21-3/h7-8,10H,5-6,9,11H2,1-4H3,(H,16,18). The van der Waals surface area contributed by atoms with Crippen LogP contribution in [-0.4, -0.2) is 40.8 Å². The second-order valence-corrected chi connectivity index (χ2v) is 7.06. The quantitative estimate of drug-likeness (QED) is 0.737. The molecule has 0 heterocycles. The Morgan fingerprint density at radius 3 is 2.59 bits per heavy atom. The largest absolute Gasteiger partial charge is 0.495 e. The molecule has 0 saturated carbocycles. The number of carbonyl (C=O) groups excluding carboxylic acids is 1. The number of nitrogens with one attached hydrogen (secondary N) is 1. The molecule has 0 bridgehead atoms. The topological polar surface area (TPSA) is 75.7 Å². The van der Waals surface area contributed by atoms with Gasteiger partial charge in [-0.1, -0.05) is 19.4 Å². The van der Waals surface area contributed by atoms with Crippen LogP contribution in [0.1, 0.15) is 25.3 Å². The molecule has 7 heteroatoms. The molecule has 0 unspecified atom stereocenters. The van der Waals surface area contributed by atoms with E-state index in [2.05, 4.69) is 5.32 Å². The molecule has 22 heavy (non-hydrogen) atoms. The summed E-state index contributed by atoms with van der Waals surface area (Å²) in [7, 11) is -2.13.